The van der Waals surface area contributed by atoms with Gasteiger partial charge in [0.25, 0.3) is 0 Å². The standard InChI is InChI=1S/C26H31NO2/c28-17-19-11-13-27(14-12-19)23-7-5-20(6-8-23)26-22(15-18-1-2-18)4-3-21-16-24(29)9-10-25(21)26/h5-10,16-19,22,26,29H,1-4,11-15H2/t22-,26+/m1/s1. The Kier molecular flexibility index (Phi) is 5.07. The molecule has 1 aliphatic heterocycles. The van der Waals surface area contributed by atoms with Crippen molar-refractivity contribution in [1.29, 1.82) is 0 Å². The van der Waals surface area contributed by atoms with Crippen LogP contribution in [-0.4, -0.2) is 24.5 Å². The summed E-state index contributed by atoms with van der Waals surface area (Å²) < 4.78 is 0. The van der Waals surface area contributed by atoms with Crippen LogP contribution in [0.2, 0.25) is 0 Å². The number of phenolic OH excluding ortho intramolecular Hbond substituents is 1. The van der Waals surface area contributed by atoms with Gasteiger partial charge in [-0.3, -0.25) is 0 Å². The first-order chi connectivity index (χ1) is 14.2. The second-order valence-corrected chi connectivity index (χ2v) is 9.39. The molecule has 29 heavy (non-hydrogen) atoms. The van der Waals surface area contributed by atoms with E-state index < -0.39 is 0 Å². The molecule has 0 amide bonds. The Morgan fingerprint density at radius 1 is 0.966 bits per heavy atom. The summed E-state index contributed by atoms with van der Waals surface area (Å²) in [5.74, 6) is 2.70. The van der Waals surface area contributed by atoms with Crippen LogP contribution in [0.3, 0.4) is 0 Å². The minimum absolute atomic E-state index is 0.240. The fraction of sp³-hybridized carbons (Fsp3) is 0.500. The highest BCUT2D eigenvalue weighted by Crippen LogP contribution is 2.48. The number of aromatic hydroxyl groups is 1. The molecule has 0 unspecified atom stereocenters. The molecule has 1 N–H and O–H groups in total. The van der Waals surface area contributed by atoms with Crippen molar-refractivity contribution in [3.63, 3.8) is 0 Å². The zero-order valence-electron chi connectivity index (χ0n) is 17.1. The zero-order chi connectivity index (χ0) is 19.8. The Balaban J connectivity index is 1.40. The average Bonchev–Trinajstić information content (AvgIpc) is 3.58. The van der Waals surface area contributed by atoms with Gasteiger partial charge in [-0.05, 0) is 84.9 Å². The van der Waals surface area contributed by atoms with Crippen molar-refractivity contribution < 1.29 is 9.90 Å². The van der Waals surface area contributed by atoms with Gasteiger partial charge in [0.15, 0.2) is 0 Å². The molecular weight excluding hydrogens is 358 g/mol. The summed E-state index contributed by atoms with van der Waals surface area (Å²) in [6.07, 6.45) is 9.51. The molecule has 1 heterocycles. The van der Waals surface area contributed by atoms with E-state index in [9.17, 15) is 9.90 Å². The number of hydrogen-bond acceptors (Lipinski definition) is 3. The summed E-state index contributed by atoms with van der Waals surface area (Å²) in [5.41, 5.74) is 5.42. The van der Waals surface area contributed by atoms with Crippen molar-refractivity contribution in [1.82, 2.24) is 0 Å². The lowest BCUT2D eigenvalue weighted by atomic mass is 9.70. The van der Waals surface area contributed by atoms with Crippen molar-refractivity contribution in [2.45, 2.75) is 50.9 Å². The third-order valence-corrected chi connectivity index (χ3v) is 7.40. The van der Waals surface area contributed by atoms with Crippen molar-refractivity contribution in [2.24, 2.45) is 17.8 Å². The van der Waals surface area contributed by atoms with Crippen LogP contribution in [0.5, 0.6) is 5.75 Å². The topological polar surface area (TPSA) is 40.5 Å². The first-order valence-corrected chi connectivity index (χ1v) is 11.3. The summed E-state index contributed by atoms with van der Waals surface area (Å²) in [6.45, 7) is 1.94. The normalized spacial score (nSPS) is 24.9. The van der Waals surface area contributed by atoms with E-state index in [1.807, 2.05) is 12.1 Å². The van der Waals surface area contributed by atoms with E-state index in [-0.39, 0.29) is 5.92 Å². The Morgan fingerprint density at radius 2 is 1.72 bits per heavy atom. The lowest BCUT2D eigenvalue weighted by Gasteiger charge is -2.35. The Hall–Kier alpha value is -2.29. The van der Waals surface area contributed by atoms with Crippen molar-refractivity contribution in [2.75, 3.05) is 18.0 Å². The maximum absolute atomic E-state index is 11.0. The van der Waals surface area contributed by atoms with E-state index in [4.69, 9.17) is 0 Å². The Labute approximate surface area is 173 Å². The lowest BCUT2D eigenvalue weighted by Crippen LogP contribution is -2.34. The molecule has 2 fully saturated rings. The minimum atomic E-state index is 0.240. The average molecular weight is 390 g/mol. The fourth-order valence-electron chi connectivity index (χ4n) is 5.55. The number of benzene rings is 2. The Bertz CT molecular complexity index is 863. The monoisotopic (exact) mass is 389 g/mol. The largest absolute Gasteiger partial charge is 0.508 e. The van der Waals surface area contributed by atoms with Gasteiger partial charge in [0.1, 0.15) is 12.0 Å². The van der Waals surface area contributed by atoms with Crippen molar-refractivity contribution in [3.05, 3.63) is 59.2 Å². The van der Waals surface area contributed by atoms with Gasteiger partial charge in [0.05, 0.1) is 0 Å². The van der Waals surface area contributed by atoms with Crippen LogP contribution in [-0.2, 0) is 11.2 Å². The lowest BCUT2D eigenvalue weighted by molar-refractivity contribution is -0.111. The van der Waals surface area contributed by atoms with Gasteiger partial charge in [-0.2, -0.15) is 0 Å². The molecule has 0 spiro atoms. The smallest absolute Gasteiger partial charge is 0.123 e. The summed E-state index contributed by atoms with van der Waals surface area (Å²) in [5, 5.41) is 9.96. The molecule has 2 atom stereocenters. The van der Waals surface area contributed by atoms with Crippen molar-refractivity contribution >= 4 is 12.0 Å². The number of carbonyl (C=O) groups excluding carboxylic acids is 1. The maximum atomic E-state index is 11.0. The van der Waals surface area contributed by atoms with E-state index in [1.54, 1.807) is 0 Å². The van der Waals surface area contributed by atoms with E-state index in [2.05, 4.69) is 35.2 Å². The summed E-state index contributed by atoms with van der Waals surface area (Å²) in [6, 6.07) is 15.2. The van der Waals surface area contributed by atoms with Gasteiger partial charge >= 0.3 is 0 Å². The molecule has 3 nitrogen and oxygen atoms in total. The molecule has 2 aromatic rings. The Morgan fingerprint density at radius 3 is 2.41 bits per heavy atom. The highest BCUT2D eigenvalue weighted by atomic mass is 16.3. The molecule has 0 bridgehead atoms. The molecule has 1 saturated carbocycles. The molecule has 5 rings (SSSR count). The number of nitrogens with zero attached hydrogens (tertiary/aromatic N) is 1. The van der Waals surface area contributed by atoms with Gasteiger partial charge < -0.3 is 14.8 Å². The highest BCUT2D eigenvalue weighted by Gasteiger charge is 2.35. The highest BCUT2D eigenvalue weighted by molar-refractivity contribution is 5.56. The maximum Gasteiger partial charge on any atom is 0.123 e. The minimum Gasteiger partial charge on any atom is -0.508 e. The van der Waals surface area contributed by atoms with E-state index in [1.165, 1.54) is 48.1 Å². The zero-order valence-corrected chi connectivity index (χ0v) is 17.1. The third-order valence-electron chi connectivity index (χ3n) is 7.40. The summed E-state index contributed by atoms with van der Waals surface area (Å²) in [4.78, 5) is 13.4. The third kappa shape index (κ3) is 3.92. The van der Waals surface area contributed by atoms with Crippen LogP contribution in [0.4, 0.5) is 5.69 Å². The number of hydrogen-bond donors (Lipinski definition) is 1. The van der Waals surface area contributed by atoms with Crippen molar-refractivity contribution in [3.8, 4) is 5.75 Å². The van der Waals surface area contributed by atoms with Crippen LogP contribution in [0.25, 0.3) is 0 Å². The van der Waals surface area contributed by atoms with Crippen LogP contribution in [0, 0.1) is 17.8 Å². The molecule has 0 aromatic heterocycles. The second-order valence-electron chi connectivity index (χ2n) is 9.39. The molecular formula is C26H31NO2. The van der Waals surface area contributed by atoms with Crippen LogP contribution in [0.15, 0.2) is 42.5 Å². The number of anilines is 1. The second kappa shape index (κ2) is 7.85. The predicted molar refractivity (Wildman–Crippen MR) is 117 cm³/mol. The number of phenols is 1. The predicted octanol–water partition coefficient (Wildman–Crippen LogP) is 5.30. The van der Waals surface area contributed by atoms with Crippen LogP contribution >= 0.6 is 0 Å². The quantitative estimate of drug-likeness (QED) is 0.705. The number of aldehydes is 1. The molecule has 3 heteroatoms. The van der Waals surface area contributed by atoms with Crippen LogP contribution in [0.1, 0.15) is 61.1 Å². The molecule has 2 aliphatic carbocycles. The molecule has 3 aliphatic rings. The van der Waals surface area contributed by atoms with Gasteiger partial charge in [-0.25, -0.2) is 0 Å². The van der Waals surface area contributed by atoms with Gasteiger partial charge in [-0.1, -0.05) is 31.0 Å². The first-order valence-electron chi connectivity index (χ1n) is 11.3. The van der Waals surface area contributed by atoms with E-state index >= 15 is 0 Å². The van der Waals surface area contributed by atoms with Crippen LogP contribution < -0.4 is 4.90 Å². The number of piperidine rings is 1. The van der Waals surface area contributed by atoms with Gasteiger partial charge in [-0.15, -0.1) is 0 Å². The fourth-order valence-corrected chi connectivity index (χ4v) is 5.55. The molecule has 2 aromatic carbocycles. The summed E-state index contributed by atoms with van der Waals surface area (Å²) in [7, 11) is 0. The molecule has 1 saturated heterocycles. The SMILES string of the molecule is O=CC1CCN(c2ccc([C@@H]3c4ccc(O)cc4CC[C@@H]3CC3CC3)cc2)CC1. The number of rotatable bonds is 5. The molecule has 152 valence electrons. The van der Waals surface area contributed by atoms with E-state index in [0.29, 0.717) is 17.6 Å². The summed E-state index contributed by atoms with van der Waals surface area (Å²) >= 11 is 0. The van der Waals surface area contributed by atoms with Gasteiger partial charge in [0.2, 0.25) is 0 Å². The number of fused-ring (bicyclic) bond motifs is 1. The molecule has 0 radical (unpaired) electrons. The number of carbonyl (C=O) groups is 1. The van der Waals surface area contributed by atoms with Gasteiger partial charge in [0, 0.05) is 30.6 Å². The van der Waals surface area contributed by atoms with E-state index in [0.717, 1.165) is 44.6 Å². The number of aryl methyl sites for hydroxylation is 1. The first kappa shape index (κ1) is 18.7.